The molecule has 0 saturated carbocycles. The average molecular weight is 277 g/mol. The second kappa shape index (κ2) is 5.12. The lowest BCUT2D eigenvalue weighted by molar-refractivity contribution is 0.122. The van der Waals surface area contributed by atoms with Crippen molar-refractivity contribution in [2.45, 2.75) is 0 Å². The molecular formula is C10H13ClN2O3S. The number of benzene rings is 1. The molecule has 0 atom stereocenters. The summed E-state index contributed by atoms with van der Waals surface area (Å²) in [6.45, 7) is 3.13. The number of hydrogen-bond acceptors (Lipinski definition) is 4. The molecule has 1 saturated heterocycles. The van der Waals surface area contributed by atoms with Crippen LogP contribution in [-0.2, 0) is 14.0 Å². The molecule has 0 spiro atoms. The third kappa shape index (κ3) is 3.76. The van der Waals surface area contributed by atoms with E-state index in [2.05, 4.69) is 9.62 Å². The molecule has 0 amide bonds. The molecule has 1 aliphatic heterocycles. The molecule has 0 bridgehead atoms. The van der Waals surface area contributed by atoms with Crippen molar-refractivity contribution in [2.24, 2.45) is 0 Å². The highest BCUT2D eigenvalue weighted by atomic mass is 35.7. The summed E-state index contributed by atoms with van der Waals surface area (Å²) in [5.74, 6) is 0. The molecule has 1 fully saturated rings. The van der Waals surface area contributed by atoms with Crippen molar-refractivity contribution in [3.63, 3.8) is 0 Å². The van der Waals surface area contributed by atoms with Crippen molar-refractivity contribution in [2.75, 3.05) is 35.9 Å². The maximum atomic E-state index is 10.8. The van der Waals surface area contributed by atoms with Gasteiger partial charge in [0.2, 0.25) is 0 Å². The van der Waals surface area contributed by atoms with Crippen LogP contribution in [0.15, 0.2) is 24.3 Å². The van der Waals surface area contributed by atoms with Crippen LogP contribution in [-0.4, -0.2) is 34.7 Å². The monoisotopic (exact) mass is 276 g/mol. The summed E-state index contributed by atoms with van der Waals surface area (Å²) < 4.78 is 29.1. The number of hydrogen-bond donors (Lipinski definition) is 1. The summed E-state index contributed by atoms with van der Waals surface area (Å²) in [5.41, 5.74) is 1.50. The summed E-state index contributed by atoms with van der Waals surface area (Å²) >= 11 is 0. The first kappa shape index (κ1) is 12.5. The van der Waals surface area contributed by atoms with Crippen LogP contribution in [0.1, 0.15) is 0 Å². The predicted octanol–water partition coefficient (Wildman–Crippen LogP) is 1.42. The highest BCUT2D eigenvalue weighted by molar-refractivity contribution is 8.14. The fourth-order valence-electron chi connectivity index (χ4n) is 1.70. The molecule has 1 aromatic rings. The molecular weight excluding hydrogens is 264 g/mol. The van der Waals surface area contributed by atoms with E-state index < -0.39 is 9.24 Å². The maximum absolute atomic E-state index is 10.8. The Morgan fingerprint density at radius 1 is 1.18 bits per heavy atom. The summed E-state index contributed by atoms with van der Waals surface area (Å²) in [6.07, 6.45) is 0. The molecule has 1 heterocycles. The molecule has 7 heteroatoms. The maximum Gasteiger partial charge on any atom is 0.319 e. The van der Waals surface area contributed by atoms with Crippen LogP contribution in [0.4, 0.5) is 11.4 Å². The Morgan fingerprint density at radius 2 is 1.76 bits per heavy atom. The van der Waals surface area contributed by atoms with E-state index in [1.807, 2.05) is 12.1 Å². The minimum Gasteiger partial charge on any atom is -0.378 e. The van der Waals surface area contributed by atoms with Gasteiger partial charge in [0.25, 0.3) is 0 Å². The quantitative estimate of drug-likeness (QED) is 0.849. The lowest BCUT2D eigenvalue weighted by atomic mass is 10.2. The second-order valence-electron chi connectivity index (χ2n) is 3.69. The van der Waals surface area contributed by atoms with Crippen LogP contribution in [0.3, 0.4) is 0 Å². The molecule has 0 aliphatic carbocycles. The van der Waals surface area contributed by atoms with Crippen LogP contribution in [0.2, 0.25) is 0 Å². The molecule has 1 N–H and O–H groups in total. The molecule has 0 radical (unpaired) electrons. The van der Waals surface area contributed by atoms with Crippen LogP contribution in [0.25, 0.3) is 0 Å². The number of nitrogens with zero attached hydrogens (tertiary/aromatic N) is 1. The molecule has 1 aromatic carbocycles. The van der Waals surface area contributed by atoms with Gasteiger partial charge in [-0.1, -0.05) is 0 Å². The van der Waals surface area contributed by atoms with Gasteiger partial charge in [0.1, 0.15) is 0 Å². The summed E-state index contributed by atoms with van der Waals surface area (Å²) in [6, 6.07) is 7.08. The molecule has 1 aliphatic rings. The number of ether oxygens (including phenoxy) is 1. The SMILES string of the molecule is O=S(=O)(Cl)Nc1ccc(N2CCOCC2)cc1. The summed E-state index contributed by atoms with van der Waals surface area (Å²) in [5, 5.41) is 0. The standard InChI is InChI=1S/C10H13ClN2O3S/c11-17(14,15)12-9-1-3-10(4-2-9)13-5-7-16-8-6-13/h1-4,12H,5-8H2. The Morgan fingerprint density at radius 3 is 2.29 bits per heavy atom. The van der Waals surface area contributed by atoms with Gasteiger partial charge in [0.15, 0.2) is 0 Å². The van der Waals surface area contributed by atoms with E-state index >= 15 is 0 Å². The van der Waals surface area contributed by atoms with Gasteiger partial charge in [0.05, 0.1) is 13.2 Å². The van der Waals surface area contributed by atoms with E-state index in [4.69, 9.17) is 15.4 Å². The number of nitrogens with one attached hydrogen (secondary N) is 1. The first-order chi connectivity index (χ1) is 8.04. The van der Waals surface area contributed by atoms with E-state index in [0.717, 1.165) is 32.0 Å². The van der Waals surface area contributed by atoms with Crippen molar-refractivity contribution in [3.8, 4) is 0 Å². The fraction of sp³-hybridized carbons (Fsp3) is 0.400. The molecule has 5 nitrogen and oxygen atoms in total. The van der Waals surface area contributed by atoms with E-state index in [0.29, 0.717) is 5.69 Å². The molecule has 0 unspecified atom stereocenters. The van der Waals surface area contributed by atoms with Crippen molar-refractivity contribution >= 4 is 31.3 Å². The van der Waals surface area contributed by atoms with Crippen molar-refractivity contribution in [1.82, 2.24) is 0 Å². The van der Waals surface area contributed by atoms with Gasteiger partial charge in [-0.25, -0.2) is 0 Å². The van der Waals surface area contributed by atoms with Crippen molar-refractivity contribution in [1.29, 1.82) is 0 Å². The van der Waals surface area contributed by atoms with E-state index in [9.17, 15) is 8.42 Å². The van der Waals surface area contributed by atoms with Gasteiger partial charge in [0, 0.05) is 35.1 Å². The number of anilines is 2. The molecule has 94 valence electrons. The second-order valence-corrected chi connectivity index (χ2v) is 5.98. The lowest BCUT2D eigenvalue weighted by Crippen LogP contribution is -2.36. The van der Waals surface area contributed by atoms with Crippen LogP contribution < -0.4 is 9.62 Å². The summed E-state index contributed by atoms with van der Waals surface area (Å²) in [4.78, 5) is 2.18. The van der Waals surface area contributed by atoms with E-state index in [-0.39, 0.29) is 0 Å². The van der Waals surface area contributed by atoms with E-state index in [1.165, 1.54) is 0 Å². The minimum absolute atomic E-state index is 0.456. The fourth-order valence-corrected chi connectivity index (χ4v) is 2.39. The van der Waals surface area contributed by atoms with Gasteiger partial charge < -0.3 is 9.64 Å². The first-order valence-corrected chi connectivity index (χ1v) is 7.51. The van der Waals surface area contributed by atoms with Crippen LogP contribution in [0, 0.1) is 0 Å². The van der Waals surface area contributed by atoms with E-state index in [1.54, 1.807) is 12.1 Å². The van der Waals surface area contributed by atoms with Gasteiger partial charge >= 0.3 is 9.24 Å². The zero-order valence-electron chi connectivity index (χ0n) is 9.10. The predicted molar refractivity (Wildman–Crippen MR) is 67.9 cm³/mol. The molecule has 2 rings (SSSR count). The number of halogens is 1. The van der Waals surface area contributed by atoms with Gasteiger partial charge in [-0.3, -0.25) is 4.72 Å². The van der Waals surface area contributed by atoms with Gasteiger partial charge in [-0.05, 0) is 24.3 Å². The average Bonchev–Trinajstić information content (AvgIpc) is 2.29. The minimum atomic E-state index is -3.73. The van der Waals surface area contributed by atoms with Crippen molar-refractivity contribution < 1.29 is 13.2 Å². The highest BCUT2D eigenvalue weighted by Crippen LogP contribution is 2.20. The Balaban J connectivity index is 2.07. The lowest BCUT2D eigenvalue weighted by Gasteiger charge is -2.28. The van der Waals surface area contributed by atoms with Crippen LogP contribution in [0.5, 0.6) is 0 Å². The normalized spacial score (nSPS) is 16.9. The Kier molecular flexibility index (Phi) is 3.76. The number of rotatable bonds is 3. The Labute approximate surface area is 105 Å². The van der Waals surface area contributed by atoms with Gasteiger partial charge in [-0.2, -0.15) is 8.42 Å². The topological polar surface area (TPSA) is 58.6 Å². The Hall–Kier alpha value is -0.980. The number of morpholine rings is 1. The van der Waals surface area contributed by atoms with Gasteiger partial charge in [-0.15, -0.1) is 0 Å². The molecule has 0 aromatic heterocycles. The third-order valence-electron chi connectivity index (χ3n) is 2.48. The largest absolute Gasteiger partial charge is 0.378 e. The summed E-state index contributed by atoms with van der Waals surface area (Å²) in [7, 11) is 1.36. The third-order valence-corrected chi connectivity index (χ3v) is 3.19. The van der Waals surface area contributed by atoms with Crippen molar-refractivity contribution in [3.05, 3.63) is 24.3 Å². The first-order valence-electron chi connectivity index (χ1n) is 5.20. The smallest absolute Gasteiger partial charge is 0.319 e. The Bertz CT molecular complexity index is 469. The zero-order valence-corrected chi connectivity index (χ0v) is 10.7. The highest BCUT2D eigenvalue weighted by Gasteiger charge is 2.11. The van der Waals surface area contributed by atoms with Crippen LogP contribution >= 0.6 is 10.7 Å². The molecule has 17 heavy (non-hydrogen) atoms. The zero-order chi connectivity index (χ0) is 12.3.